The highest BCUT2D eigenvalue weighted by Gasteiger charge is 2.33. The van der Waals surface area contributed by atoms with Gasteiger partial charge in [0.05, 0.1) is 17.9 Å². The zero-order valence-corrected chi connectivity index (χ0v) is 17.7. The lowest BCUT2D eigenvalue weighted by atomic mass is 9.94. The Morgan fingerprint density at radius 3 is 2.65 bits per heavy atom. The average molecular weight is 418 g/mol. The van der Waals surface area contributed by atoms with Gasteiger partial charge < -0.3 is 14.7 Å². The van der Waals surface area contributed by atoms with E-state index in [1.54, 1.807) is 4.68 Å². The van der Waals surface area contributed by atoms with E-state index in [9.17, 15) is 9.90 Å². The third kappa shape index (κ3) is 3.95. The normalized spacial score (nSPS) is 20.7. The highest BCUT2D eigenvalue weighted by atomic mass is 16.5. The minimum atomic E-state index is -0.462. The molecule has 0 radical (unpaired) electrons. The van der Waals surface area contributed by atoms with E-state index in [4.69, 9.17) is 4.74 Å². The maximum atomic E-state index is 13.2. The van der Waals surface area contributed by atoms with E-state index in [2.05, 4.69) is 29.4 Å². The monoisotopic (exact) mass is 417 g/mol. The number of aromatic nitrogens is 2. The van der Waals surface area contributed by atoms with Crippen LogP contribution in [-0.2, 0) is 20.1 Å². The van der Waals surface area contributed by atoms with Gasteiger partial charge >= 0.3 is 0 Å². The van der Waals surface area contributed by atoms with E-state index in [0.717, 1.165) is 47.9 Å². The summed E-state index contributed by atoms with van der Waals surface area (Å²) in [5.41, 5.74) is 4.89. The van der Waals surface area contributed by atoms with Crippen molar-refractivity contribution in [1.82, 2.24) is 14.7 Å². The molecule has 0 saturated heterocycles. The average Bonchev–Trinajstić information content (AvgIpc) is 3.34. The number of amides is 1. The number of carbonyl (C=O) groups excluding carboxylic acids is 1. The summed E-state index contributed by atoms with van der Waals surface area (Å²) in [5, 5.41) is 14.5. The van der Waals surface area contributed by atoms with Crippen LogP contribution in [0.3, 0.4) is 0 Å². The van der Waals surface area contributed by atoms with Gasteiger partial charge in [-0.1, -0.05) is 42.8 Å². The first-order chi connectivity index (χ1) is 15.1. The van der Waals surface area contributed by atoms with Crippen molar-refractivity contribution in [3.63, 3.8) is 0 Å². The number of fused-ring (bicyclic) bond motifs is 1. The molecule has 1 saturated carbocycles. The number of nitrogens with zero attached hydrogens (tertiary/aromatic N) is 3. The maximum Gasteiger partial charge on any atom is 0.258 e. The van der Waals surface area contributed by atoms with Gasteiger partial charge in [-0.25, -0.2) is 0 Å². The van der Waals surface area contributed by atoms with Crippen LogP contribution in [-0.4, -0.2) is 37.9 Å². The fraction of sp³-hybridized carbons (Fsp3) is 0.360. The Morgan fingerprint density at radius 2 is 1.90 bits per heavy atom. The Kier molecular flexibility index (Phi) is 5.24. The van der Waals surface area contributed by atoms with Crippen molar-refractivity contribution in [3.8, 4) is 16.9 Å². The third-order valence-corrected chi connectivity index (χ3v) is 6.29. The van der Waals surface area contributed by atoms with Crippen LogP contribution in [0, 0.1) is 0 Å². The lowest BCUT2D eigenvalue weighted by Crippen LogP contribution is -2.35. The summed E-state index contributed by atoms with van der Waals surface area (Å²) >= 11 is 0. The standard InChI is InChI=1S/C25H27N3O3/c1-27-15-20(13-26-27)18-11-9-17(10-12-18)14-28-16-19-5-4-8-23(24(19)25(28)30)31-22-7-3-2-6-21(22)29/h4-5,8-13,15,21-22,29H,2-3,6-7,14,16H2,1H3. The number of aryl methyl sites for hydroxylation is 1. The summed E-state index contributed by atoms with van der Waals surface area (Å²) in [6, 6.07) is 14.0. The molecule has 2 aliphatic rings. The Balaban J connectivity index is 1.31. The fourth-order valence-corrected chi connectivity index (χ4v) is 4.58. The predicted octanol–water partition coefficient (Wildman–Crippen LogP) is 3.93. The molecule has 5 rings (SSSR count). The molecular formula is C25H27N3O3. The number of rotatable bonds is 5. The Bertz CT molecular complexity index is 1090. The molecule has 2 atom stereocenters. The molecule has 3 aromatic rings. The molecule has 2 heterocycles. The SMILES string of the molecule is Cn1cc(-c2ccc(CN3Cc4cccc(OC5CCCCC5O)c4C3=O)cc2)cn1. The van der Waals surface area contributed by atoms with Gasteiger partial charge in [-0.2, -0.15) is 5.10 Å². The minimum Gasteiger partial charge on any atom is -0.487 e. The Hall–Kier alpha value is -3.12. The molecule has 6 nitrogen and oxygen atoms in total. The predicted molar refractivity (Wildman–Crippen MR) is 118 cm³/mol. The van der Waals surface area contributed by atoms with Crippen LogP contribution in [0.15, 0.2) is 54.9 Å². The molecule has 1 aliphatic heterocycles. The van der Waals surface area contributed by atoms with Crippen LogP contribution in [0.2, 0.25) is 0 Å². The number of benzene rings is 2. The van der Waals surface area contributed by atoms with E-state index in [1.165, 1.54) is 0 Å². The number of hydrogen-bond acceptors (Lipinski definition) is 4. The highest BCUT2D eigenvalue weighted by molar-refractivity contribution is 6.01. The molecule has 2 unspecified atom stereocenters. The van der Waals surface area contributed by atoms with Gasteiger partial charge in [0.15, 0.2) is 0 Å². The summed E-state index contributed by atoms with van der Waals surface area (Å²) in [7, 11) is 1.90. The Labute approximate surface area is 182 Å². The summed E-state index contributed by atoms with van der Waals surface area (Å²) in [6.07, 6.45) is 6.80. The van der Waals surface area contributed by atoms with E-state index < -0.39 is 6.10 Å². The fourth-order valence-electron chi connectivity index (χ4n) is 4.58. The molecule has 1 fully saturated rings. The van der Waals surface area contributed by atoms with E-state index in [1.807, 2.05) is 42.5 Å². The quantitative estimate of drug-likeness (QED) is 0.683. The van der Waals surface area contributed by atoms with Crippen molar-refractivity contribution in [2.24, 2.45) is 7.05 Å². The molecule has 1 aliphatic carbocycles. The largest absolute Gasteiger partial charge is 0.487 e. The van der Waals surface area contributed by atoms with Crippen molar-refractivity contribution in [2.75, 3.05) is 0 Å². The minimum absolute atomic E-state index is 0.00719. The van der Waals surface area contributed by atoms with Gasteiger partial charge in [0.1, 0.15) is 11.9 Å². The second-order valence-corrected chi connectivity index (χ2v) is 8.56. The lowest BCUT2D eigenvalue weighted by molar-refractivity contribution is 0.00636. The van der Waals surface area contributed by atoms with Crippen molar-refractivity contribution in [2.45, 2.75) is 51.0 Å². The Morgan fingerprint density at radius 1 is 1.10 bits per heavy atom. The molecular weight excluding hydrogens is 390 g/mol. The second-order valence-electron chi connectivity index (χ2n) is 8.56. The molecule has 2 aromatic carbocycles. The molecule has 1 N–H and O–H groups in total. The summed E-state index contributed by atoms with van der Waals surface area (Å²) < 4.78 is 7.93. The highest BCUT2D eigenvalue weighted by Crippen LogP contribution is 2.34. The lowest BCUT2D eigenvalue weighted by Gasteiger charge is -2.28. The van der Waals surface area contributed by atoms with Crippen LogP contribution in [0.1, 0.15) is 47.2 Å². The smallest absolute Gasteiger partial charge is 0.258 e. The third-order valence-electron chi connectivity index (χ3n) is 6.29. The number of aliphatic hydroxyl groups is 1. The molecule has 31 heavy (non-hydrogen) atoms. The zero-order chi connectivity index (χ0) is 21.4. The van der Waals surface area contributed by atoms with E-state index in [0.29, 0.717) is 24.4 Å². The molecule has 0 spiro atoms. The maximum absolute atomic E-state index is 13.2. The molecule has 6 heteroatoms. The first-order valence-electron chi connectivity index (χ1n) is 10.9. The number of ether oxygens (including phenoxy) is 1. The summed E-state index contributed by atoms with van der Waals surface area (Å²) in [4.78, 5) is 15.1. The van der Waals surface area contributed by atoms with Crippen LogP contribution in [0.4, 0.5) is 0 Å². The topological polar surface area (TPSA) is 67.6 Å². The van der Waals surface area contributed by atoms with Crippen molar-refractivity contribution < 1.29 is 14.6 Å². The molecule has 1 aromatic heterocycles. The molecule has 160 valence electrons. The van der Waals surface area contributed by atoms with Crippen LogP contribution in [0.5, 0.6) is 5.75 Å². The number of hydrogen-bond donors (Lipinski definition) is 1. The van der Waals surface area contributed by atoms with Gasteiger partial charge in [0, 0.05) is 31.9 Å². The first kappa shape index (κ1) is 19.8. The summed E-state index contributed by atoms with van der Waals surface area (Å²) in [5.74, 6) is 0.593. The first-order valence-corrected chi connectivity index (χ1v) is 10.9. The van der Waals surface area contributed by atoms with Crippen molar-refractivity contribution in [3.05, 3.63) is 71.5 Å². The van der Waals surface area contributed by atoms with Gasteiger partial charge in [0.25, 0.3) is 5.91 Å². The number of aliphatic hydroxyl groups excluding tert-OH is 1. The van der Waals surface area contributed by atoms with E-state index in [-0.39, 0.29) is 12.0 Å². The molecule has 0 bridgehead atoms. The number of carbonyl (C=O) groups is 1. The molecule has 1 amide bonds. The van der Waals surface area contributed by atoms with Gasteiger partial charge in [-0.3, -0.25) is 9.48 Å². The van der Waals surface area contributed by atoms with Crippen LogP contribution in [0.25, 0.3) is 11.1 Å². The van der Waals surface area contributed by atoms with Crippen molar-refractivity contribution in [1.29, 1.82) is 0 Å². The van der Waals surface area contributed by atoms with Crippen LogP contribution < -0.4 is 4.74 Å². The second kappa shape index (κ2) is 8.19. The van der Waals surface area contributed by atoms with Crippen molar-refractivity contribution >= 4 is 5.91 Å². The van der Waals surface area contributed by atoms with Gasteiger partial charge in [-0.05, 0) is 42.0 Å². The van der Waals surface area contributed by atoms with Crippen LogP contribution >= 0.6 is 0 Å². The van der Waals surface area contributed by atoms with Gasteiger partial charge in [-0.15, -0.1) is 0 Å². The summed E-state index contributed by atoms with van der Waals surface area (Å²) in [6.45, 7) is 1.12. The van der Waals surface area contributed by atoms with E-state index >= 15 is 0 Å². The van der Waals surface area contributed by atoms with Gasteiger partial charge in [0.2, 0.25) is 0 Å². The zero-order valence-electron chi connectivity index (χ0n) is 17.7.